The van der Waals surface area contributed by atoms with E-state index >= 15 is 0 Å². The highest BCUT2D eigenvalue weighted by Crippen LogP contribution is 2.39. The molecule has 8 heteroatoms. The fourth-order valence-electron chi connectivity index (χ4n) is 2.59. The highest BCUT2D eigenvalue weighted by molar-refractivity contribution is 7.92. The van der Waals surface area contributed by atoms with Gasteiger partial charge in [-0.25, -0.2) is 16.8 Å². The standard InChI is InChI=1S/C13H26O6S2/c1-12(2,3)21(18,19)7-5-13(9-14,10-15)11-4-6-20(16,17)8-11/h11,14-15H,4-10H2,1-3H3. The van der Waals surface area contributed by atoms with E-state index in [-0.39, 0.29) is 23.7 Å². The molecule has 0 aromatic rings. The Bertz CT molecular complexity index is 552. The maximum absolute atomic E-state index is 12.2. The SMILES string of the molecule is CC(C)(C)S(=O)(=O)CCC(CO)(CO)C1CCS(=O)(=O)C1. The minimum atomic E-state index is -3.38. The van der Waals surface area contributed by atoms with Gasteiger partial charge < -0.3 is 10.2 Å². The summed E-state index contributed by atoms with van der Waals surface area (Å²) in [5.41, 5.74) is -1.05. The van der Waals surface area contributed by atoms with Crippen LogP contribution in [0.2, 0.25) is 0 Å². The second-order valence-electron chi connectivity index (χ2n) is 6.96. The van der Waals surface area contributed by atoms with Crippen LogP contribution in [0, 0.1) is 11.3 Å². The molecule has 126 valence electrons. The molecule has 1 atom stereocenters. The lowest BCUT2D eigenvalue weighted by molar-refractivity contribution is 0.00969. The van der Waals surface area contributed by atoms with Crippen molar-refractivity contribution in [3.8, 4) is 0 Å². The van der Waals surface area contributed by atoms with Gasteiger partial charge in [0, 0.05) is 5.41 Å². The van der Waals surface area contributed by atoms with Crippen LogP contribution < -0.4 is 0 Å². The van der Waals surface area contributed by atoms with Crippen molar-refractivity contribution in [2.75, 3.05) is 30.5 Å². The smallest absolute Gasteiger partial charge is 0.155 e. The summed E-state index contributed by atoms with van der Waals surface area (Å²) in [7, 11) is -6.53. The summed E-state index contributed by atoms with van der Waals surface area (Å²) < 4.78 is 46.7. The van der Waals surface area contributed by atoms with Crippen molar-refractivity contribution in [1.29, 1.82) is 0 Å². The van der Waals surface area contributed by atoms with E-state index in [1.165, 1.54) is 0 Å². The molecule has 0 spiro atoms. The summed E-state index contributed by atoms with van der Waals surface area (Å²) in [6.45, 7) is 3.97. The molecule has 0 radical (unpaired) electrons. The predicted molar refractivity (Wildman–Crippen MR) is 81.5 cm³/mol. The lowest BCUT2D eigenvalue weighted by atomic mass is 9.74. The topological polar surface area (TPSA) is 109 Å². The van der Waals surface area contributed by atoms with E-state index in [1.807, 2.05) is 0 Å². The molecule has 0 aromatic carbocycles. The van der Waals surface area contributed by atoms with Crippen LogP contribution in [0.15, 0.2) is 0 Å². The Kier molecular flexibility index (Phi) is 5.51. The molecule has 21 heavy (non-hydrogen) atoms. The molecular weight excluding hydrogens is 316 g/mol. The van der Waals surface area contributed by atoms with Crippen LogP contribution in [0.5, 0.6) is 0 Å². The van der Waals surface area contributed by atoms with E-state index in [4.69, 9.17) is 0 Å². The van der Waals surface area contributed by atoms with E-state index in [0.29, 0.717) is 6.42 Å². The fraction of sp³-hybridized carbons (Fsp3) is 1.00. The second-order valence-corrected chi connectivity index (χ2v) is 12.1. The van der Waals surface area contributed by atoms with Crippen LogP contribution in [0.25, 0.3) is 0 Å². The fourth-order valence-corrected chi connectivity index (χ4v) is 5.82. The van der Waals surface area contributed by atoms with Crippen molar-refractivity contribution in [3.63, 3.8) is 0 Å². The molecule has 1 unspecified atom stereocenters. The Balaban J connectivity index is 2.93. The number of rotatable bonds is 6. The Morgan fingerprint density at radius 1 is 1.14 bits per heavy atom. The predicted octanol–water partition coefficient (Wildman–Crippen LogP) is -0.00450. The van der Waals surface area contributed by atoms with Gasteiger partial charge in [-0.05, 0) is 39.5 Å². The molecular formula is C13H26O6S2. The van der Waals surface area contributed by atoms with E-state index in [0.717, 1.165) is 0 Å². The van der Waals surface area contributed by atoms with Gasteiger partial charge in [0.25, 0.3) is 0 Å². The second kappa shape index (κ2) is 6.14. The number of sulfone groups is 2. The first-order valence-electron chi connectivity index (χ1n) is 7.04. The van der Waals surface area contributed by atoms with Crippen LogP contribution in [0.1, 0.15) is 33.6 Å². The van der Waals surface area contributed by atoms with Gasteiger partial charge in [-0.15, -0.1) is 0 Å². The van der Waals surface area contributed by atoms with Crippen LogP contribution in [-0.4, -0.2) is 62.3 Å². The molecule has 1 heterocycles. The third-order valence-electron chi connectivity index (χ3n) is 4.53. The van der Waals surface area contributed by atoms with Crippen molar-refractivity contribution < 1.29 is 27.0 Å². The Morgan fingerprint density at radius 3 is 2.00 bits per heavy atom. The van der Waals surface area contributed by atoms with Crippen molar-refractivity contribution in [2.24, 2.45) is 11.3 Å². The first-order chi connectivity index (χ1) is 9.39. The molecule has 0 aromatic heterocycles. The lowest BCUT2D eigenvalue weighted by Crippen LogP contribution is -2.42. The van der Waals surface area contributed by atoms with E-state index < -0.39 is 49.0 Å². The molecule has 6 nitrogen and oxygen atoms in total. The average molecular weight is 342 g/mol. The minimum Gasteiger partial charge on any atom is -0.396 e. The quantitative estimate of drug-likeness (QED) is 0.703. The summed E-state index contributed by atoms with van der Waals surface area (Å²) in [4.78, 5) is 0. The molecule has 1 aliphatic rings. The van der Waals surface area contributed by atoms with Gasteiger partial charge in [0.1, 0.15) is 0 Å². The van der Waals surface area contributed by atoms with Gasteiger partial charge in [-0.3, -0.25) is 0 Å². The molecule has 0 amide bonds. The molecule has 0 bridgehead atoms. The summed E-state index contributed by atoms with van der Waals surface area (Å²) in [6.07, 6.45) is 0.429. The Hall–Kier alpha value is -0.180. The molecule has 1 rings (SSSR count). The summed E-state index contributed by atoms with van der Waals surface area (Å²) >= 11 is 0. The van der Waals surface area contributed by atoms with Gasteiger partial charge in [0.2, 0.25) is 0 Å². The maximum atomic E-state index is 12.2. The zero-order valence-corrected chi connectivity index (χ0v) is 14.5. The van der Waals surface area contributed by atoms with Crippen LogP contribution >= 0.6 is 0 Å². The zero-order valence-electron chi connectivity index (χ0n) is 12.9. The Labute approximate surface area is 127 Å². The maximum Gasteiger partial charge on any atom is 0.155 e. The van der Waals surface area contributed by atoms with Crippen molar-refractivity contribution in [1.82, 2.24) is 0 Å². The zero-order chi connectivity index (χ0) is 16.5. The molecule has 1 fully saturated rings. The van der Waals surface area contributed by atoms with Gasteiger partial charge in [0.15, 0.2) is 19.7 Å². The molecule has 1 saturated heterocycles. The monoisotopic (exact) mass is 342 g/mol. The van der Waals surface area contributed by atoms with Crippen LogP contribution in [0.3, 0.4) is 0 Å². The number of aliphatic hydroxyl groups excluding tert-OH is 2. The van der Waals surface area contributed by atoms with Crippen molar-refractivity contribution in [2.45, 2.75) is 38.4 Å². The number of aliphatic hydroxyl groups is 2. The highest BCUT2D eigenvalue weighted by atomic mass is 32.2. The van der Waals surface area contributed by atoms with Gasteiger partial charge in [-0.1, -0.05) is 0 Å². The largest absolute Gasteiger partial charge is 0.396 e. The third-order valence-corrected chi connectivity index (χ3v) is 8.91. The normalized spacial score (nSPS) is 23.4. The summed E-state index contributed by atoms with van der Waals surface area (Å²) in [5.74, 6) is -0.629. The lowest BCUT2D eigenvalue weighted by Gasteiger charge is -2.36. The van der Waals surface area contributed by atoms with Crippen molar-refractivity contribution in [3.05, 3.63) is 0 Å². The molecule has 0 saturated carbocycles. The first kappa shape index (κ1) is 18.9. The van der Waals surface area contributed by atoms with Gasteiger partial charge >= 0.3 is 0 Å². The van der Waals surface area contributed by atoms with E-state index in [9.17, 15) is 27.0 Å². The number of hydrogen-bond donors (Lipinski definition) is 2. The van der Waals surface area contributed by atoms with E-state index in [1.54, 1.807) is 20.8 Å². The summed E-state index contributed by atoms with van der Waals surface area (Å²) in [6, 6.07) is 0. The average Bonchev–Trinajstić information content (AvgIpc) is 2.71. The van der Waals surface area contributed by atoms with Gasteiger partial charge in [0.05, 0.1) is 35.2 Å². The third kappa shape index (κ3) is 4.18. The minimum absolute atomic E-state index is 0.0332. The first-order valence-corrected chi connectivity index (χ1v) is 10.5. The van der Waals surface area contributed by atoms with Gasteiger partial charge in [-0.2, -0.15) is 0 Å². The van der Waals surface area contributed by atoms with Crippen molar-refractivity contribution >= 4 is 19.7 Å². The Morgan fingerprint density at radius 2 is 1.67 bits per heavy atom. The number of hydrogen-bond acceptors (Lipinski definition) is 6. The molecule has 2 N–H and O–H groups in total. The molecule has 1 aliphatic heterocycles. The van der Waals surface area contributed by atoms with Crippen LogP contribution in [-0.2, 0) is 19.7 Å². The highest BCUT2D eigenvalue weighted by Gasteiger charge is 2.45. The van der Waals surface area contributed by atoms with E-state index in [2.05, 4.69) is 0 Å². The summed E-state index contributed by atoms with van der Waals surface area (Å²) in [5, 5.41) is 19.3. The molecule has 0 aliphatic carbocycles. The van der Waals surface area contributed by atoms with Crippen LogP contribution in [0.4, 0.5) is 0 Å².